The van der Waals surface area contributed by atoms with Gasteiger partial charge in [0.25, 0.3) is 0 Å². The van der Waals surface area contributed by atoms with Crippen molar-refractivity contribution in [1.82, 2.24) is 0 Å². The van der Waals surface area contributed by atoms with Crippen LogP contribution < -0.4 is 10.6 Å². The summed E-state index contributed by atoms with van der Waals surface area (Å²) in [5.74, 6) is -0.276. The van der Waals surface area contributed by atoms with E-state index < -0.39 is 18.3 Å². The van der Waals surface area contributed by atoms with Crippen LogP contribution in [0, 0.1) is 0 Å². The Morgan fingerprint density at radius 2 is 1.73 bits per heavy atom. The van der Waals surface area contributed by atoms with Gasteiger partial charge in [-0.3, -0.25) is 4.79 Å². The van der Waals surface area contributed by atoms with E-state index in [1.807, 2.05) is 0 Å². The van der Waals surface area contributed by atoms with Gasteiger partial charge < -0.3 is 25.2 Å². The first kappa shape index (κ1) is 14.1. The number of epoxide rings is 1. The molecule has 2 aromatic rings. The number of ether oxygens (including phenoxy) is 1. The largest absolute Gasteiger partial charge is 0.509 e. The highest BCUT2D eigenvalue weighted by Gasteiger charge is 2.52. The zero-order valence-corrected chi connectivity index (χ0v) is 13.2. The molecular formula is C20H12O6. The molecule has 4 N–H and O–H groups in total. The van der Waals surface area contributed by atoms with Crippen molar-refractivity contribution in [3.8, 4) is 22.6 Å². The number of phenols is 2. The van der Waals surface area contributed by atoms with Gasteiger partial charge in [0.2, 0.25) is 0 Å². The van der Waals surface area contributed by atoms with Gasteiger partial charge in [0.1, 0.15) is 35.6 Å². The molecule has 0 radical (unpaired) electrons. The number of aromatic hydroxyl groups is 2. The molecule has 1 aliphatic heterocycles. The van der Waals surface area contributed by atoms with E-state index in [0.717, 1.165) is 0 Å². The maximum atomic E-state index is 12.3. The Morgan fingerprint density at radius 1 is 0.923 bits per heavy atom. The summed E-state index contributed by atoms with van der Waals surface area (Å²) in [5.41, 5.74) is 1.19. The molecule has 6 heteroatoms. The van der Waals surface area contributed by atoms with E-state index in [-0.39, 0.29) is 33.6 Å². The molecule has 26 heavy (non-hydrogen) atoms. The SMILES string of the molecule is O=c1ccc2c3c4c(c(O)cc3c3ccc(O)c1c3-2)[C@H](O)[C@@H]1O[C@@H]1C=4O. The van der Waals surface area contributed by atoms with Crippen LogP contribution in [0.3, 0.4) is 0 Å². The Bertz CT molecular complexity index is 1340. The first-order valence-electron chi connectivity index (χ1n) is 8.25. The number of aliphatic hydroxyl groups is 2. The van der Waals surface area contributed by atoms with Crippen LogP contribution in [0.25, 0.3) is 38.4 Å². The number of fused-ring (bicyclic) bond motifs is 6. The van der Waals surface area contributed by atoms with Crippen molar-refractivity contribution in [3.63, 3.8) is 0 Å². The molecular weight excluding hydrogens is 336 g/mol. The van der Waals surface area contributed by atoms with E-state index in [1.54, 1.807) is 12.1 Å². The second kappa shape index (κ2) is 4.17. The number of benzene rings is 3. The fourth-order valence-electron chi connectivity index (χ4n) is 4.51. The van der Waals surface area contributed by atoms with E-state index in [1.165, 1.54) is 18.2 Å². The maximum absolute atomic E-state index is 12.3. The highest BCUT2D eigenvalue weighted by atomic mass is 16.6. The van der Waals surface area contributed by atoms with Gasteiger partial charge in [-0.2, -0.15) is 0 Å². The highest BCUT2D eigenvalue weighted by molar-refractivity contribution is 6.23. The normalized spacial score (nSPS) is 24.3. The number of hydrogen-bond acceptors (Lipinski definition) is 6. The smallest absolute Gasteiger partial charge is 0.190 e. The van der Waals surface area contributed by atoms with Crippen molar-refractivity contribution in [1.29, 1.82) is 0 Å². The van der Waals surface area contributed by atoms with Gasteiger partial charge in [-0.25, -0.2) is 0 Å². The standard InChI is InChI=1S/C20H12O6/c21-9-3-1-6-8-5-11(23)15-16(18(25)20-19(26-20)17(15)24)13(8)7-2-4-10(22)14(9)12(6)7/h1-5,17,19-21,23-25H/t17-,19-,20+/m0/s1. The molecule has 6 rings (SSSR count). The average molecular weight is 348 g/mol. The van der Waals surface area contributed by atoms with E-state index in [4.69, 9.17) is 4.74 Å². The quantitative estimate of drug-likeness (QED) is 0.359. The monoisotopic (exact) mass is 348 g/mol. The molecule has 1 heterocycles. The average Bonchev–Trinajstić information content (AvgIpc) is 3.36. The predicted octanol–water partition coefficient (Wildman–Crippen LogP) is 1.51. The van der Waals surface area contributed by atoms with Crippen LogP contribution in [0.5, 0.6) is 11.5 Å². The lowest BCUT2D eigenvalue weighted by Crippen LogP contribution is -2.28. The van der Waals surface area contributed by atoms with Crippen LogP contribution in [0.4, 0.5) is 0 Å². The second-order valence-corrected chi connectivity index (χ2v) is 6.95. The molecule has 6 nitrogen and oxygen atoms in total. The first-order valence-corrected chi connectivity index (χ1v) is 8.25. The van der Waals surface area contributed by atoms with Gasteiger partial charge in [0.05, 0.1) is 5.39 Å². The molecule has 0 spiro atoms. The summed E-state index contributed by atoms with van der Waals surface area (Å²) in [4.78, 5) is 12.3. The Balaban J connectivity index is 1.96. The fourth-order valence-corrected chi connectivity index (χ4v) is 4.51. The fraction of sp³-hybridized carbons (Fsp3) is 0.150. The van der Waals surface area contributed by atoms with Crippen LogP contribution in [-0.4, -0.2) is 32.6 Å². The molecule has 3 atom stereocenters. The minimum atomic E-state index is -1.04. The van der Waals surface area contributed by atoms with Crippen molar-refractivity contribution >= 4 is 27.3 Å². The van der Waals surface area contributed by atoms with Crippen molar-refractivity contribution in [2.24, 2.45) is 0 Å². The third-order valence-corrected chi connectivity index (χ3v) is 5.66. The summed E-state index contributed by atoms with van der Waals surface area (Å²) in [7, 11) is 0. The van der Waals surface area contributed by atoms with Gasteiger partial charge in [-0.1, -0.05) is 6.07 Å². The summed E-state index contributed by atoms with van der Waals surface area (Å²) in [5, 5.41) is 44.4. The van der Waals surface area contributed by atoms with Crippen LogP contribution in [-0.2, 0) is 4.74 Å². The third-order valence-electron chi connectivity index (χ3n) is 5.66. The van der Waals surface area contributed by atoms with E-state index in [9.17, 15) is 25.2 Å². The van der Waals surface area contributed by atoms with Crippen LogP contribution >= 0.6 is 0 Å². The Kier molecular flexibility index (Phi) is 2.27. The highest BCUT2D eigenvalue weighted by Crippen LogP contribution is 2.49. The van der Waals surface area contributed by atoms with Crippen molar-refractivity contribution in [2.45, 2.75) is 18.3 Å². The molecule has 4 aliphatic rings. The van der Waals surface area contributed by atoms with Gasteiger partial charge in [0.15, 0.2) is 5.43 Å². The summed E-state index contributed by atoms with van der Waals surface area (Å²) < 4.78 is 5.35. The molecule has 0 aromatic heterocycles. The molecule has 3 aliphatic carbocycles. The minimum Gasteiger partial charge on any atom is -0.509 e. The van der Waals surface area contributed by atoms with E-state index >= 15 is 0 Å². The molecule has 0 amide bonds. The van der Waals surface area contributed by atoms with E-state index in [2.05, 4.69) is 0 Å². The molecule has 2 aromatic carbocycles. The molecule has 128 valence electrons. The van der Waals surface area contributed by atoms with Gasteiger partial charge >= 0.3 is 0 Å². The number of rotatable bonds is 0. The zero-order valence-electron chi connectivity index (χ0n) is 13.2. The lowest BCUT2D eigenvalue weighted by atomic mass is 9.90. The summed E-state index contributed by atoms with van der Waals surface area (Å²) in [6, 6.07) is 7.69. The summed E-state index contributed by atoms with van der Waals surface area (Å²) >= 11 is 0. The van der Waals surface area contributed by atoms with Crippen LogP contribution in [0.1, 0.15) is 11.7 Å². The third kappa shape index (κ3) is 1.40. The van der Waals surface area contributed by atoms with Crippen molar-refractivity contribution < 1.29 is 25.2 Å². The number of aliphatic hydroxyl groups excluding tert-OH is 2. The molecule has 0 saturated carbocycles. The first-order chi connectivity index (χ1) is 12.5. The van der Waals surface area contributed by atoms with Crippen molar-refractivity contribution in [2.75, 3.05) is 0 Å². The summed E-state index contributed by atoms with van der Waals surface area (Å²) in [6.45, 7) is 0. The molecule has 1 fully saturated rings. The topological polar surface area (TPSA) is 111 Å². The summed E-state index contributed by atoms with van der Waals surface area (Å²) in [6.07, 6.45) is -2.18. The molecule has 0 bridgehead atoms. The molecule has 1 saturated heterocycles. The predicted molar refractivity (Wildman–Crippen MR) is 93.7 cm³/mol. The zero-order chi connectivity index (χ0) is 17.9. The van der Waals surface area contributed by atoms with Gasteiger partial charge in [-0.15, -0.1) is 0 Å². The Labute approximate surface area is 145 Å². The van der Waals surface area contributed by atoms with Crippen LogP contribution in [0.15, 0.2) is 35.1 Å². The van der Waals surface area contributed by atoms with E-state index in [0.29, 0.717) is 32.5 Å². The lowest BCUT2D eigenvalue weighted by Gasteiger charge is -2.17. The van der Waals surface area contributed by atoms with Crippen molar-refractivity contribution in [3.05, 3.63) is 51.3 Å². The Morgan fingerprint density at radius 3 is 2.54 bits per heavy atom. The molecule has 0 unspecified atom stereocenters. The van der Waals surface area contributed by atoms with Gasteiger partial charge in [0, 0.05) is 21.7 Å². The Hall–Kier alpha value is -3.09. The maximum Gasteiger partial charge on any atom is 0.190 e. The lowest BCUT2D eigenvalue weighted by molar-refractivity contribution is 0.133. The van der Waals surface area contributed by atoms with Gasteiger partial charge in [-0.05, 0) is 40.6 Å². The number of phenolic OH excluding ortho intramolecular Hbond substituents is 2. The van der Waals surface area contributed by atoms with Crippen LogP contribution in [0.2, 0.25) is 0 Å². The number of hydrogen-bond donors (Lipinski definition) is 4. The second-order valence-electron chi connectivity index (χ2n) is 6.95. The minimum absolute atomic E-state index is 0.0289.